The van der Waals surface area contributed by atoms with Crippen molar-refractivity contribution in [3.05, 3.63) is 35.9 Å². The SMILES string of the molecule is CCN(CC)C(=O)[C@H](SCCCN(C)C)c1ccccc1. The van der Waals surface area contributed by atoms with Gasteiger partial charge < -0.3 is 9.80 Å². The molecule has 3 nitrogen and oxygen atoms in total. The molecule has 0 spiro atoms. The van der Waals surface area contributed by atoms with Crippen molar-refractivity contribution in [1.29, 1.82) is 0 Å². The van der Waals surface area contributed by atoms with Crippen LogP contribution in [0.3, 0.4) is 0 Å². The Morgan fingerprint density at radius 3 is 2.29 bits per heavy atom. The minimum atomic E-state index is -0.0757. The van der Waals surface area contributed by atoms with E-state index in [2.05, 4.69) is 31.1 Å². The van der Waals surface area contributed by atoms with E-state index in [-0.39, 0.29) is 11.2 Å². The standard InChI is InChI=1S/C17H28N2OS/c1-5-19(6-2)17(20)16(15-11-8-7-9-12-15)21-14-10-13-18(3)4/h7-9,11-12,16H,5-6,10,13-14H2,1-4H3/t16-/m1/s1. The van der Waals surface area contributed by atoms with Gasteiger partial charge in [-0.05, 0) is 52.2 Å². The fraction of sp³-hybridized carbons (Fsp3) is 0.588. The van der Waals surface area contributed by atoms with Gasteiger partial charge in [-0.2, -0.15) is 0 Å². The summed E-state index contributed by atoms with van der Waals surface area (Å²) in [5.41, 5.74) is 1.12. The molecule has 118 valence electrons. The summed E-state index contributed by atoms with van der Waals surface area (Å²) < 4.78 is 0. The zero-order chi connectivity index (χ0) is 15.7. The average Bonchev–Trinajstić information content (AvgIpc) is 2.49. The van der Waals surface area contributed by atoms with Gasteiger partial charge in [-0.25, -0.2) is 0 Å². The summed E-state index contributed by atoms with van der Waals surface area (Å²) in [5, 5.41) is -0.0757. The molecule has 0 bridgehead atoms. The molecule has 0 fully saturated rings. The molecule has 1 amide bonds. The molecule has 1 aromatic carbocycles. The number of nitrogens with zero attached hydrogens (tertiary/aromatic N) is 2. The van der Waals surface area contributed by atoms with Crippen molar-refractivity contribution in [2.45, 2.75) is 25.5 Å². The molecule has 1 aromatic rings. The third kappa shape index (κ3) is 6.10. The Balaban J connectivity index is 2.73. The summed E-state index contributed by atoms with van der Waals surface area (Å²) >= 11 is 1.77. The molecular weight excluding hydrogens is 280 g/mol. The predicted molar refractivity (Wildman–Crippen MR) is 92.7 cm³/mol. The van der Waals surface area contributed by atoms with Crippen molar-refractivity contribution in [3.63, 3.8) is 0 Å². The highest BCUT2D eigenvalue weighted by Gasteiger charge is 2.24. The van der Waals surface area contributed by atoms with Gasteiger partial charge in [-0.15, -0.1) is 11.8 Å². The van der Waals surface area contributed by atoms with Crippen LogP contribution in [-0.4, -0.2) is 55.2 Å². The third-order valence-electron chi connectivity index (χ3n) is 3.44. The highest BCUT2D eigenvalue weighted by Crippen LogP contribution is 2.31. The van der Waals surface area contributed by atoms with Crippen molar-refractivity contribution in [2.75, 3.05) is 39.5 Å². The summed E-state index contributed by atoms with van der Waals surface area (Å²) in [4.78, 5) is 16.8. The Bertz CT molecular complexity index is 405. The van der Waals surface area contributed by atoms with Gasteiger partial charge in [-0.3, -0.25) is 4.79 Å². The van der Waals surface area contributed by atoms with Crippen LogP contribution in [0.4, 0.5) is 0 Å². The minimum Gasteiger partial charge on any atom is -0.342 e. The Morgan fingerprint density at radius 2 is 1.76 bits per heavy atom. The first-order valence-electron chi connectivity index (χ1n) is 7.70. The van der Waals surface area contributed by atoms with Gasteiger partial charge in [0.05, 0.1) is 0 Å². The van der Waals surface area contributed by atoms with Crippen molar-refractivity contribution in [2.24, 2.45) is 0 Å². The van der Waals surface area contributed by atoms with E-state index in [1.54, 1.807) is 11.8 Å². The zero-order valence-corrected chi connectivity index (χ0v) is 14.5. The second kappa shape index (κ2) is 9.85. The van der Waals surface area contributed by atoms with Crippen molar-refractivity contribution < 1.29 is 4.79 Å². The Hall–Kier alpha value is -1.00. The lowest BCUT2D eigenvalue weighted by Crippen LogP contribution is -2.34. The van der Waals surface area contributed by atoms with Crippen LogP contribution >= 0.6 is 11.8 Å². The van der Waals surface area contributed by atoms with Gasteiger partial charge in [0, 0.05) is 13.1 Å². The molecule has 0 saturated heterocycles. The number of thioether (sulfide) groups is 1. The zero-order valence-electron chi connectivity index (χ0n) is 13.7. The molecule has 0 radical (unpaired) electrons. The minimum absolute atomic E-state index is 0.0757. The lowest BCUT2D eigenvalue weighted by molar-refractivity contribution is -0.130. The van der Waals surface area contributed by atoms with Crippen LogP contribution in [0.5, 0.6) is 0 Å². The van der Waals surface area contributed by atoms with Gasteiger partial charge >= 0.3 is 0 Å². The van der Waals surface area contributed by atoms with Crippen LogP contribution in [0.2, 0.25) is 0 Å². The lowest BCUT2D eigenvalue weighted by Gasteiger charge is -2.25. The number of likely N-dealkylation sites (N-methyl/N-ethyl adjacent to an activating group) is 1. The van der Waals surface area contributed by atoms with E-state index in [0.29, 0.717) is 0 Å². The van der Waals surface area contributed by atoms with E-state index in [0.717, 1.165) is 37.4 Å². The van der Waals surface area contributed by atoms with Crippen molar-refractivity contribution >= 4 is 17.7 Å². The molecule has 0 saturated carbocycles. The van der Waals surface area contributed by atoms with Crippen LogP contribution < -0.4 is 0 Å². The first-order chi connectivity index (χ1) is 10.1. The second-order valence-electron chi connectivity index (χ2n) is 5.33. The number of rotatable bonds is 9. The number of amides is 1. The first-order valence-corrected chi connectivity index (χ1v) is 8.75. The van der Waals surface area contributed by atoms with Gasteiger partial charge in [0.15, 0.2) is 0 Å². The topological polar surface area (TPSA) is 23.6 Å². The van der Waals surface area contributed by atoms with Crippen molar-refractivity contribution in [1.82, 2.24) is 9.80 Å². The summed E-state index contributed by atoms with van der Waals surface area (Å²) in [6, 6.07) is 10.1. The summed E-state index contributed by atoms with van der Waals surface area (Å²) in [7, 11) is 4.17. The molecule has 0 aliphatic rings. The van der Waals surface area contributed by atoms with E-state index >= 15 is 0 Å². The lowest BCUT2D eigenvalue weighted by atomic mass is 10.1. The summed E-state index contributed by atoms with van der Waals surface area (Å²) in [6.07, 6.45) is 1.10. The van der Waals surface area contributed by atoms with Gasteiger partial charge in [0.2, 0.25) is 5.91 Å². The average molecular weight is 308 g/mol. The summed E-state index contributed by atoms with van der Waals surface area (Å²) in [5.74, 6) is 1.24. The number of hydrogen-bond acceptors (Lipinski definition) is 3. The maximum atomic E-state index is 12.7. The van der Waals surface area contributed by atoms with Gasteiger partial charge in [-0.1, -0.05) is 30.3 Å². The molecule has 0 aromatic heterocycles. The second-order valence-corrected chi connectivity index (χ2v) is 6.54. The molecule has 0 heterocycles. The number of benzene rings is 1. The number of hydrogen-bond donors (Lipinski definition) is 0. The van der Waals surface area contributed by atoms with E-state index < -0.39 is 0 Å². The van der Waals surface area contributed by atoms with E-state index in [9.17, 15) is 4.79 Å². The molecular formula is C17H28N2OS. The fourth-order valence-electron chi connectivity index (χ4n) is 2.22. The van der Waals surface area contributed by atoms with Gasteiger partial charge in [0.1, 0.15) is 5.25 Å². The molecule has 0 N–H and O–H groups in total. The van der Waals surface area contributed by atoms with E-state index in [1.165, 1.54) is 0 Å². The van der Waals surface area contributed by atoms with Gasteiger partial charge in [0.25, 0.3) is 0 Å². The van der Waals surface area contributed by atoms with Crippen LogP contribution in [0.15, 0.2) is 30.3 Å². The Labute approximate surface area is 133 Å². The number of carbonyl (C=O) groups excluding carboxylic acids is 1. The third-order valence-corrected chi connectivity index (χ3v) is 4.77. The highest BCUT2D eigenvalue weighted by molar-refractivity contribution is 8.00. The molecule has 1 atom stereocenters. The molecule has 1 rings (SSSR count). The first kappa shape index (κ1) is 18.1. The maximum Gasteiger partial charge on any atom is 0.240 e. The van der Waals surface area contributed by atoms with E-state index in [1.807, 2.05) is 36.9 Å². The number of carbonyl (C=O) groups is 1. The van der Waals surface area contributed by atoms with Crippen LogP contribution in [0.1, 0.15) is 31.1 Å². The molecule has 0 unspecified atom stereocenters. The highest BCUT2D eigenvalue weighted by atomic mass is 32.2. The quantitative estimate of drug-likeness (QED) is 0.654. The molecule has 4 heteroatoms. The van der Waals surface area contributed by atoms with Crippen LogP contribution in [-0.2, 0) is 4.79 Å². The van der Waals surface area contributed by atoms with Crippen LogP contribution in [0.25, 0.3) is 0 Å². The monoisotopic (exact) mass is 308 g/mol. The molecule has 0 aliphatic heterocycles. The summed E-state index contributed by atoms with van der Waals surface area (Å²) in [6.45, 7) is 6.70. The van der Waals surface area contributed by atoms with Crippen molar-refractivity contribution in [3.8, 4) is 0 Å². The fourth-order valence-corrected chi connectivity index (χ4v) is 3.39. The Morgan fingerprint density at radius 1 is 1.14 bits per heavy atom. The Kier molecular flexibility index (Phi) is 8.47. The molecule has 0 aliphatic carbocycles. The normalized spacial score (nSPS) is 12.4. The van der Waals surface area contributed by atoms with E-state index in [4.69, 9.17) is 0 Å². The van der Waals surface area contributed by atoms with Crippen LogP contribution in [0, 0.1) is 0 Å². The largest absolute Gasteiger partial charge is 0.342 e. The maximum absolute atomic E-state index is 12.7. The molecule has 21 heavy (non-hydrogen) atoms. The smallest absolute Gasteiger partial charge is 0.240 e. The predicted octanol–water partition coefficient (Wildman–Crippen LogP) is 3.28.